The maximum Gasteiger partial charge on any atom is 0.280 e. The number of nitrogens with zero attached hydrogens (tertiary/aromatic N) is 2. The molecule has 0 aromatic carbocycles. The van der Waals surface area contributed by atoms with Gasteiger partial charge in [-0.2, -0.15) is 4.98 Å². The SMILES string of the molecule is COc1nc(OCC(F)F)c(F)cc1NSc1c[nH]c2nc(C(F)F)ccc12. The predicted molar refractivity (Wildman–Crippen MR) is 92.8 cm³/mol. The normalized spacial score (nSPS) is 11.4. The molecule has 0 fully saturated rings. The van der Waals surface area contributed by atoms with Crippen LogP contribution in [0.15, 0.2) is 29.3 Å². The fourth-order valence-electron chi connectivity index (χ4n) is 2.24. The maximum absolute atomic E-state index is 14.0. The molecule has 0 saturated heterocycles. The number of rotatable bonds is 8. The van der Waals surface area contributed by atoms with Crippen LogP contribution in [0.25, 0.3) is 11.0 Å². The average Bonchev–Trinajstić information content (AvgIpc) is 3.07. The van der Waals surface area contributed by atoms with Crippen LogP contribution in [0, 0.1) is 5.82 Å². The average molecular weight is 420 g/mol. The van der Waals surface area contributed by atoms with E-state index in [2.05, 4.69) is 24.4 Å². The van der Waals surface area contributed by atoms with E-state index < -0.39 is 31.2 Å². The fraction of sp³-hybridized carbons (Fsp3) is 0.250. The Labute approximate surface area is 159 Å². The van der Waals surface area contributed by atoms with Crippen LogP contribution in [0.5, 0.6) is 11.8 Å². The van der Waals surface area contributed by atoms with Crippen molar-refractivity contribution in [1.29, 1.82) is 0 Å². The Morgan fingerprint density at radius 3 is 2.64 bits per heavy atom. The summed E-state index contributed by atoms with van der Waals surface area (Å²) in [5.74, 6) is -1.63. The van der Waals surface area contributed by atoms with Gasteiger partial charge in [0.05, 0.1) is 12.0 Å². The largest absolute Gasteiger partial charge is 0.479 e. The molecule has 0 aliphatic carbocycles. The van der Waals surface area contributed by atoms with Crippen LogP contribution >= 0.6 is 11.9 Å². The van der Waals surface area contributed by atoms with E-state index >= 15 is 0 Å². The van der Waals surface area contributed by atoms with Crippen molar-refractivity contribution in [3.63, 3.8) is 0 Å². The van der Waals surface area contributed by atoms with E-state index in [1.54, 1.807) is 6.20 Å². The monoisotopic (exact) mass is 420 g/mol. The molecule has 12 heteroatoms. The van der Waals surface area contributed by atoms with Gasteiger partial charge in [0.15, 0.2) is 12.4 Å². The molecule has 150 valence electrons. The van der Waals surface area contributed by atoms with Crippen molar-refractivity contribution < 1.29 is 31.4 Å². The van der Waals surface area contributed by atoms with Gasteiger partial charge in [0.25, 0.3) is 18.7 Å². The minimum atomic E-state index is -2.78. The Hall–Kier alpha value is -2.76. The van der Waals surface area contributed by atoms with Crippen LogP contribution in [0.4, 0.5) is 27.6 Å². The van der Waals surface area contributed by atoms with Crippen LogP contribution in [0.3, 0.4) is 0 Å². The third-order valence-electron chi connectivity index (χ3n) is 3.47. The molecule has 3 heterocycles. The molecule has 0 radical (unpaired) electrons. The molecule has 3 aromatic heterocycles. The second kappa shape index (κ2) is 8.50. The van der Waals surface area contributed by atoms with Crippen molar-refractivity contribution >= 4 is 28.7 Å². The molecule has 2 N–H and O–H groups in total. The Bertz CT molecular complexity index is 970. The Morgan fingerprint density at radius 2 is 1.96 bits per heavy atom. The van der Waals surface area contributed by atoms with E-state index in [4.69, 9.17) is 4.74 Å². The molecule has 6 nitrogen and oxygen atoms in total. The summed E-state index contributed by atoms with van der Waals surface area (Å²) in [6.45, 7) is -1.00. The van der Waals surface area contributed by atoms with E-state index in [9.17, 15) is 22.0 Å². The summed E-state index contributed by atoms with van der Waals surface area (Å²) in [5, 5.41) is 0.575. The zero-order valence-electron chi connectivity index (χ0n) is 14.2. The molecule has 28 heavy (non-hydrogen) atoms. The highest BCUT2D eigenvalue weighted by Crippen LogP contribution is 2.34. The number of halogens is 5. The van der Waals surface area contributed by atoms with Gasteiger partial charge in [0.1, 0.15) is 17.0 Å². The number of hydrogen-bond donors (Lipinski definition) is 2. The molecule has 0 aliphatic rings. The number of pyridine rings is 2. The molecule has 0 amide bonds. The van der Waals surface area contributed by atoms with E-state index in [-0.39, 0.29) is 22.9 Å². The van der Waals surface area contributed by atoms with E-state index in [1.807, 2.05) is 0 Å². The predicted octanol–water partition coefficient (Wildman–Crippen LogP) is 4.81. The van der Waals surface area contributed by atoms with E-state index in [0.29, 0.717) is 10.3 Å². The third-order valence-corrected chi connectivity index (χ3v) is 4.34. The molecule has 0 aliphatic heterocycles. The van der Waals surface area contributed by atoms with Crippen molar-refractivity contribution in [2.24, 2.45) is 0 Å². The quantitative estimate of drug-likeness (QED) is 0.403. The molecule has 0 unspecified atom stereocenters. The first-order valence-electron chi connectivity index (χ1n) is 7.73. The Balaban J connectivity index is 1.78. The summed E-state index contributed by atoms with van der Waals surface area (Å²) in [6.07, 6.45) is -3.92. The summed E-state index contributed by atoms with van der Waals surface area (Å²) < 4.78 is 76.4. The number of aromatic nitrogens is 3. The van der Waals surface area contributed by atoms with E-state index in [1.165, 1.54) is 19.2 Å². The number of H-pyrrole nitrogens is 1. The first-order valence-corrected chi connectivity index (χ1v) is 8.55. The van der Waals surface area contributed by atoms with Gasteiger partial charge in [-0.15, -0.1) is 0 Å². The van der Waals surface area contributed by atoms with Crippen molar-refractivity contribution in [2.75, 3.05) is 18.4 Å². The van der Waals surface area contributed by atoms with Gasteiger partial charge in [-0.1, -0.05) is 0 Å². The lowest BCUT2D eigenvalue weighted by atomic mass is 10.3. The lowest BCUT2D eigenvalue weighted by molar-refractivity contribution is 0.0770. The van der Waals surface area contributed by atoms with Crippen LogP contribution in [-0.4, -0.2) is 35.1 Å². The fourth-order valence-corrected chi connectivity index (χ4v) is 3.00. The molecule has 3 rings (SSSR count). The number of methoxy groups -OCH3 is 1. The van der Waals surface area contributed by atoms with Gasteiger partial charge in [-0.3, -0.25) is 0 Å². The molecule has 0 saturated carbocycles. The first-order chi connectivity index (χ1) is 13.4. The van der Waals surface area contributed by atoms with Crippen LogP contribution in [-0.2, 0) is 0 Å². The van der Waals surface area contributed by atoms with Crippen molar-refractivity contribution in [1.82, 2.24) is 15.0 Å². The summed E-state index contributed by atoms with van der Waals surface area (Å²) in [4.78, 5) is 10.9. The van der Waals surface area contributed by atoms with Gasteiger partial charge < -0.3 is 19.2 Å². The van der Waals surface area contributed by atoms with Crippen LogP contribution in [0.2, 0.25) is 0 Å². The van der Waals surface area contributed by atoms with Gasteiger partial charge in [-0.25, -0.2) is 26.9 Å². The van der Waals surface area contributed by atoms with Gasteiger partial charge in [0.2, 0.25) is 5.88 Å². The summed E-state index contributed by atoms with van der Waals surface area (Å²) in [6, 6.07) is 3.69. The Morgan fingerprint density at radius 1 is 1.18 bits per heavy atom. The number of hydrogen-bond acceptors (Lipinski definition) is 6. The molecular weight excluding hydrogens is 407 g/mol. The van der Waals surface area contributed by atoms with E-state index in [0.717, 1.165) is 18.0 Å². The highest BCUT2D eigenvalue weighted by molar-refractivity contribution is 8.00. The zero-order valence-corrected chi connectivity index (χ0v) is 15.0. The zero-order chi connectivity index (χ0) is 20.3. The minimum absolute atomic E-state index is 0.0730. The highest BCUT2D eigenvalue weighted by atomic mass is 32.2. The first kappa shape index (κ1) is 20.0. The summed E-state index contributed by atoms with van der Waals surface area (Å²) >= 11 is 1.03. The lowest BCUT2D eigenvalue weighted by Crippen LogP contribution is -2.10. The van der Waals surface area contributed by atoms with Gasteiger partial charge in [0, 0.05) is 17.6 Å². The second-order valence-corrected chi connectivity index (χ2v) is 6.17. The maximum atomic E-state index is 14.0. The minimum Gasteiger partial charge on any atom is -0.479 e. The number of nitrogens with one attached hydrogen (secondary N) is 2. The van der Waals surface area contributed by atoms with Crippen molar-refractivity contribution in [2.45, 2.75) is 17.7 Å². The Kier molecular flexibility index (Phi) is 6.07. The molecule has 3 aromatic rings. The van der Waals surface area contributed by atoms with Crippen LogP contribution < -0.4 is 14.2 Å². The molecule has 0 bridgehead atoms. The smallest absolute Gasteiger partial charge is 0.280 e. The number of aromatic amines is 1. The molecule has 0 atom stereocenters. The lowest BCUT2D eigenvalue weighted by Gasteiger charge is -2.12. The second-order valence-electron chi connectivity index (χ2n) is 5.32. The van der Waals surface area contributed by atoms with Crippen molar-refractivity contribution in [3.8, 4) is 11.8 Å². The highest BCUT2D eigenvalue weighted by Gasteiger charge is 2.17. The summed E-state index contributed by atoms with van der Waals surface area (Å²) in [7, 11) is 1.27. The van der Waals surface area contributed by atoms with Crippen molar-refractivity contribution in [3.05, 3.63) is 35.9 Å². The number of ether oxygens (including phenoxy) is 2. The van der Waals surface area contributed by atoms with Gasteiger partial charge >= 0.3 is 0 Å². The topological polar surface area (TPSA) is 72.1 Å². The number of alkyl halides is 4. The summed E-state index contributed by atoms with van der Waals surface area (Å²) in [5.41, 5.74) is 0.0428. The standard InChI is InChI=1S/C16H13F5N4O2S/c1-26-16-10(4-8(17)15(24-16)27-6-12(18)19)25-28-11-5-22-14-7(11)2-3-9(23-14)13(20)21/h2-5,12-13,25H,6H2,1H3,(H,22,23). The number of anilines is 1. The molecule has 0 spiro atoms. The van der Waals surface area contributed by atoms with Gasteiger partial charge in [-0.05, 0) is 24.1 Å². The number of fused-ring (bicyclic) bond motifs is 1. The van der Waals surface area contributed by atoms with Crippen LogP contribution in [0.1, 0.15) is 12.1 Å². The third kappa shape index (κ3) is 4.38. The molecular formula is C16H13F5N4O2S.